The molecule has 5 nitrogen and oxygen atoms in total. The van der Waals surface area contributed by atoms with E-state index in [1.54, 1.807) is 12.1 Å². The molecule has 0 amide bonds. The van der Waals surface area contributed by atoms with E-state index in [0.29, 0.717) is 5.69 Å². The van der Waals surface area contributed by atoms with Gasteiger partial charge in [0.15, 0.2) is 0 Å². The summed E-state index contributed by atoms with van der Waals surface area (Å²) in [4.78, 5) is 11.3. The van der Waals surface area contributed by atoms with Gasteiger partial charge in [0.2, 0.25) is 0 Å². The number of hydrogen-bond donors (Lipinski definition) is 0. The van der Waals surface area contributed by atoms with E-state index in [0.717, 1.165) is 9.15 Å². The third kappa shape index (κ3) is 1.94. The van der Waals surface area contributed by atoms with Gasteiger partial charge in [-0.3, -0.25) is 0 Å². The summed E-state index contributed by atoms with van der Waals surface area (Å²) in [5.74, 6) is -0.575. The van der Waals surface area contributed by atoms with Crippen LogP contribution in [-0.4, -0.2) is 16.9 Å². The topological polar surface area (TPSA) is 57.3 Å². The third-order valence-corrected chi connectivity index (χ3v) is 2.30. The molecule has 0 aliphatic rings. The van der Waals surface area contributed by atoms with Crippen LogP contribution in [0.25, 0.3) is 5.69 Å². The van der Waals surface area contributed by atoms with Gasteiger partial charge in [0.1, 0.15) is 0 Å². The molecule has 1 aromatic heterocycles. The lowest BCUT2D eigenvalue weighted by atomic mass is 10.3. The van der Waals surface area contributed by atoms with Crippen LogP contribution in [0.4, 0.5) is 0 Å². The quantitative estimate of drug-likeness (QED) is 0.832. The number of nitrogens with zero attached hydrogens (tertiary/aromatic N) is 2. The van der Waals surface area contributed by atoms with Crippen molar-refractivity contribution in [3.05, 3.63) is 39.3 Å². The Balaban J connectivity index is 2.49. The molecule has 15 heavy (non-hydrogen) atoms. The molecule has 0 unspecified atom stereocenters. The molecular formula is C9H7BrN2O3. The first-order valence-electron chi connectivity index (χ1n) is 4.11. The average molecular weight is 271 g/mol. The van der Waals surface area contributed by atoms with Crippen molar-refractivity contribution in [3.8, 4) is 11.8 Å². The van der Waals surface area contributed by atoms with Crippen molar-refractivity contribution in [1.29, 1.82) is 0 Å². The highest BCUT2D eigenvalue weighted by Crippen LogP contribution is 2.13. The number of ether oxygens (including phenoxy) is 1. The fourth-order valence-corrected chi connectivity index (χ4v) is 1.35. The van der Waals surface area contributed by atoms with E-state index in [2.05, 4.69) is 21.0 Å². The molecule has 0 aliphatic heterocycles. The number of benzene rings is 1. The molecule has 2 rings (SSSR count). The van der Waals surface area contributed by atoms with Crippen LogP contribution in [0.3, 0.4) is 0 Å². The van der Waals surface area contributed by atoms with Gasteiger partial charge in [-0.25, -0.2) is 4.79 Å². The summed E-state index contributed by atoms with van der Waals surface area (Å²) in [7, 11) is 1.39. The van der Waals surface area contributed by atoms with Gasteiger partial charge in [-0.15, -0.1) is 0 Å². The first-order chi connectivity index (χ1) is 7.20. The summed E-state index contributed by atoms with van der Waals surface area (Å²) in [5.41, 5.74) is 0.621. The molecule has 6 heteroatoms. The fraction of sp³-hybridized carbons (Fsp3) is 0.111. The smallest absolute Gasteiger partial charge is 0.444 e. The van der Waals surface area contributed by atoms with Gasteiger partial charge in [0, 0.05) is 4.47 Å². The highest BCUT2D eigenvalue weighted by atomic mass is 79.9. The molecule has 0 bridgehead atoms. The summed E-state index contributed by atoms with van der Waals surface area (Å²) < 4.78 is 11.5. The molecule has 2 aromatic rings. The van der Waals surface area contributed by atoms with Gasteiger partial charge in [0.05, 0.1) is 12.8 Å². The zero-order valence-corrected chi connectivity index (χ0v) is 9.39. The lowest BCUT2D eigenvalue weighted by Crippen LogP contribution is -2.13. The normalized spacial score (nSPS) is 10.3. The molecule has 78 valence electrons. The average Bonchev–Trinajstić information content (AvgIpc) is 2.61. The summed E-state index contributed by atoms with van der Waals surface area (Å²) in [6.07, 6.45) is -0.0529. The van der Waals surface area contributed by atoms with Crippen molar-refractivity contribution < 1.29 is 9.15 Å². The minimum atomic E-state index is -0.575. The SMILES string of the molecule is COc1nn(-c2ccc(Br)cc2)c(=O)o1. The van der Waals surface area contributed by atoms with E-state index in [-0.39, 0.29) is 6.08 Å². The van der Waals surface area contributed by atoms with Gasteiger partial charge in [-0.1, -0.05) is 21.0 Å². The second-order valence-electron chi connectivity index (χ2n) is 2.73. The zero-order chi connectivity index (χ0) is 10.8. The van der Waals surface area contributed by atoms with Crippen LogP contribution in [-0.2, 0) is 0 Å². The van der Waals surface area contributed by atoms with Crippen LogP contribution in [0.2, 0.25) is 0 Å². The number of hydrogen-bond acceptors (Lipinski definition) is 4. The molecule has 0 saturated heterocycles. The second kappa shape index (κ2) is 3.90. The molecule has 0 radical (unpaired) electrons. The van der Waals surface area contributed by atoms with Crippen molar-refractivity contribution in [2.24, 2.45) is 0 Å². The first-order valence-corrected chi connectivity index (χ1v) is 4.90. The predicted molar refractivity (Wildman–Crippen MR) is 56.4 cm³/mol. The lowest BCUT2D eigenvalue weighted by Gasteiger charge is -1.96. The molecule has 0 spiro atoms. The van der Waals surface area contributed by atoms with Crippen LogP contribution in [0.15, 0.2) is 37.9 Å². The van der Waals surface area contributed by atoms with Crippen LogP contribution in [0.1, 0.15) is 0 Å². The molecular weight excluding hydrogens is 264 g/mol. The van der Waals surface area contributed by atoms with Gasteiger partial charge in [-0.2, -0.15) is 4.68 Å². The Morgan fingerprint density at radius 1 is 1.40 bits per heavy atom. The van der Waals surface area contributed by atoms with Gasteiger partial charge >= 0.3 is 11.8 Å². The number of halogens is 1. The summed E-state index contributed by atoms with van der Waals surface area (Å²) in [5, 5.41) is 3.83. The van der Waals surface area contributed by atoms with E-state index >= 15 is 0 Å². The van der Waals surface area contributed by atoms with E-state index < -0.39 is 5.76 Å². The van der Waals surface area contributed by atoms with E-state index in [1.807, 2.05) is 12.1 Å². The van der Waals surface area contributed by atoms with Crippen molar-refractivity contribution >= 4 is 15.9 Å². The van der Waals surface area contributed by atoms with E-state index in [1.165, 1.54) is 7.11 Å². The van der Waals surface area contributed by atoms with Gasteiger partial charge in [-0.05, 0) is 24.3 Å². The standard InChI is InChI=1S/C9H7BrN2O3/c1-14-8-11-12(9(13)15-8)7-4-2-6(10)3-5-7/h2-5H,1H3. The highest BCUT2D eigenvalue weighted by Gasteiger charge is 2.09. The summed E-state index contributed by atoms with van der Waals surface area (Å²) in [6, 6.07) is 7.10. The molecule has 1 aromatic carbocycles. The lowest BCUT2D eigenvalue weighted by molar-refractivity contribution is 0.282. The molecule has 0 saturated carbocycles. The Labute approximate surface area is 93.4 Å². The number of rotatable bonds is 2. The van der Waals surface area contributed by atoms with Crippen molar-refractivity contribution in [3.63, 3.8) is 0 Å². The highest BCUT2D eigenvalue weighted by molar-refractivity contribution is 9.10. The largest absolute Gasteiger partial charge is 0.452 e. The van der Waals surface area contributed by atoms with E-state index in [9.17, 15) is 4.79 Å². The van der Waals surface area contributed by atoms with E-state index in [4.69, 9.17) is 9.15 Å². The fourth-order valence-electron chi connectivity index (χ4n) is 1.09. The van der Waals surface area contributed by atoms with Crippen LogP contribution in [0.5, 0.6) is 6.08 Å². The Bertz CT molecular complexity index is 515. The molecule has 0 fully saturated rings. The van der Waals surface area contributed by atoms with Gasteiger partial charge in [0.25, 0.3) is 0 Å². The van der Waals surface area contributed by atoms with Crippen molar-refractivity contribution in [2.75, 3.05) is 7.11 Å². The Hall–Kier alpha value is -1.56. The monoisotopic (exact) mass is 270 g/mol. The minimum Gasteiger partial charge on any atom is -0.452 e. The molecule has 0 aliphatic carbocycles. The van der Waals surface area contributed by atoms with Crippen molar-refractivity contribution in [1.82, 2.24) is 9.78 Å². The van der Waals surface area contributed by atoms with Crippen LogP contribution >= 0.6 is 15.9 Å². The predicted octanol–water partition coefficient (Wildman–Crippen LogP) is 1.60. The number of aromatic nitrogens is 2. The van der Waals surface area contributed by atoms with Crippen LogP contribution in [0, 0.1) is 0 Å². The molecule has 0 atom stereocenters. The molecule has 0 N–H and O–H groups in total. The molecule has 1 heterocycles. The number of methoxy groups -OCH3 is 1. The maximum Gasteiger partial charge on any atom is 0.444 e. The zero-order valence-electron chi connectivity index (χ0n) is 7.81. The second-order valence-corrected chi connectivity index (χ2v) is 3.64. The summed E-state index contributed by atoms with van der Waals surface area (Å²) in [6.45, 7) is 0. The van der Waals surface area contributed by atoms with Gasteiger partial charge < -0.3 is 9.15 Å². The van der Waals surface area contributed by atoms with Crippen molar-refractivity contribution in [2.45, 2.75) is 0 Å². The Kier molecular flexibility index (Phi) is 2.59. The Morgan fingerprint density at radius 2 is 2.07 bits per heavy atom. The first kappa shape index (κ1) is 9.97. The maximum absolute atomic E-state index is 11.3. The Morgan fingerprint density at radius 3 is 2.60 bits per heavy atom. The maximum atomic E-state index is 11.3. The third-order valence-electron chi connectivity index (χ3n) is 1.78. The summed E-state index contributed by atoms with van der Waals surface area (Å²) >= 11 is 3.30. The minimum absolute atomic E-state index is 0.0529. The van der Waals surface area contributed by atoms with Crippen LogP contribution < -0.4 is 10.5 Å².